The lowest BCUT2D eigenvalue weighted by molar-refractivity contribution is -0.185. The van der Waals surface area contributed by atoms with E-state index < -0.39 is 43.1 Å². The van der Waals surface area contributed by atoms with E-state index in [-0.39, 0.29) is 0 Å². The van der Waals surface area contributed by atoms with Gasteiger partial charge in [-0.05, 0) is 27.7 Å². The normalized spacial score (nSPS) is 14.8. The monoisotopic (exact) mass is 297 g/mol. The summed E-state index contributed by atoms with van der Waals surface area (Å²) in [5.74, 6) is -4.32. The Morgan fingerprint density at radius 1 is 0.947 bits per heavy atom. The first-order valence-electron chi connectivity index (χ1n) is 5.68. The molecular weight excluding hydrogens is 279 g/mol. The van der Waals surface area contributed by atoms with Crippen molar-refractivity contribution in [1.82, 2.24) is 4.90 Å². The van der Waals surface area contributed by atoms with Crippen molar-refractivity contribution in [3.05, 3.63) is 0 Å². The summed E-state index contributed by atoms with van der Waals surface area (Å²) in [4.78, 5) is 0.753. The zero-order valence-electron chi connectivity index (χ0n) is 11.2. The summed E-state index contributed by atoms with van der Waals surface area (Å²) < 4.78 is 87.6. The van der Waals surface area contributed by atoms with Crippen molar-refractivity contribution in [3.63, 3.8) is 0 Å². The Bertz CT molecular complexity index is 283. The van der Waals surface area contributed by atoms with Gasteiger partial charge in [0.2, 0.25) is 0 Å². The summed E-state index contributed by atoms with van der Waals surface area (Å²) in [5.41, 5.74) is -1.70. The van der Waals surface area contributed by atoms with Crippen LogP contribution in [0.2, 0.25) is 0 Å². The molecule has 0 aromatic rings. The molecule has 0 saturated carbocycles. The molecule has 0 saturated heterocycles. The second-order valence-electron chi connectivity index (χ2n) is 5.39. The molecule has 0 aliphatic heterocycles. The zero-order chi connectivity index (χ0) is 15.6. The zero-order valence-corrected chi connectivity index (χ0v) is 11.2. The topological polar surface area (TPSA) is 3.24 Å². The maximum atomic E-state index is 13.0. The molecule has 0 atom stereocenters. The van der Waals surface area contributed by atoms with E-state index in [1.54, 1.807) is 0 Å². The predicted octanol–water partition coefficient (Wildman–Crippen LogP) is 4.33. The van der Waals surface area contributed by atoms with Crippen molar-refractivity contribution in [1.29, 1.82) is 0 Å². The van der Waals surface area contributed by atoms with Gasteiger partial charge in [-0.15, -0.1) is 0 Å². The van der Waals surface area contributed by atoms with Gasteiger partial charge in [0.25, 0.3) is 0 Å². The lowest BCUT2D eigenvalue weighted by Crippen LogP contribution is -2.54. The molecule has 19 heavy (non-hydrogen) atoms. The van der Waals surface area contributed by atoms with E-state index in [2.05, 4.69) is 0 Å². The largest absolute Gasteiger partial charge is 0.401 e. The smallest absolute Gasteiger partial charge is 0.287 e. The minimum absolute atomic E-state index is 0.704. The minimum Gasteiger partial charge on any atom is -0.287 e. The molecule has 0 aliphatic carbocycles. The molecule has 116 valence electrons. The first kappa shape index (κ1) is 18.5. The second-order valence-corrected chi connectivity index (χ2v) is 5.39. The van der Waals surface area contributed by atoms with Gasteiger partial charge in [0, 0.05) is 18.0 Å². The highest BCUT2D eigenvalue weighted by atomic mass is 19.4. The van der Waals surface area contributed by atoms with E-state index in [4.69, 9.17) is 0 Å². The molecule has 0 aliphatic rings. The first-order chi connectivity index (χ1) is 8.19. The number of nitrogens with zero attached hydrogens (tertiary/aromatic N) is 1. The van der Waals surface area contributed by atoms with Gasteiger partial charge in [-0.25, -0.2) is 17.6 Å². The average molecular weight is 297 g/mol. The fraction of sp³-hybridized carbons (Fsp3) is 1.00. The summed E-state index contributed by atoms with van der Waals surface area (Å²) in [5, 5.41) is 0. The Morgan fingerprint density at radius 3 is 1.63 bits per heavy atom. The Hall–Kier alpha value is -0.530. The summed E-state index contributed by atoms with van der Waals surface area (Å²) in [7, 11) is 0. The highest BCUT2D eigenvalue weighted by molar-refractivity contribution is 4.91. The van der Waals surface area contributed by atoms with Gasteiger partial charge >= 0.3 is 18.5 Å². The molecule has 0 radical (unpaired) electrons. The molecule has 0 aromatic carbocycles. The molecule has 0 N–H and O–H groups in total. The third kappa shape index (κ3) is 5.97. The van der Waals surface area contributed by atoms with Gasteiger partial charge in [-0.1, -0.05) is 0 Å². The van der Waals surface area contributed by atoms with Crippen LogP contribution in [0.1, 0.15) is 34.1 Å². The van der Waals surface area contributed by atoms with Crippen LogP contribution in [0, 0.1) is 0 Å². The van der Waals surface area contributed by atoms with Crippen LogP contribution in [0.25, 0.3) is 0 Å². The lowest BCUT2D eigenvalue weighted by atomic mass is 9.92. The van der Waals surface area contributed by atoms with Crippen LogP contribution in [0.3, 0.4) is 0 Å². The van der Waals surface area contributed by atoms with Crippen LogP contribution in [0.4, 0.5) is 30.7 Å². The van der Waals surface area contributed by atoms with Crippen molar-refractivity contribution in [3.8, 4) is 0 Å². The van der Waals surface area contributed by atoms with Gasteiger partial charge in [-0.3, -0.25) is 4.90 Å². The maximum absolute atomic E-state index is 13.0. The minimum atomic E-state index is -4.58. The number of hydrogen-bond acceptors (Lipinski definition) is 1. The molecule has 0 unspecified atom stereocenters. The van der Waals surface area contributed by atoms with Crippen molar-refractivity contribution in [2.24, 2.45) is 0 Å². The summed E-state index contributed by atoms with van der Waals surface area (Å²) in [6.45, 7) is 3.59. The Morgan fingerprint density at radius 2 is 1.37 bits per heavy atom. The third-order valence-corrected chi connectivity index (χ3v) is 2.74. The van der Waals surface area contributed by atoms with E-state index in [0.29, 0.717) is 0 Å². The van der Waals surface area contributed by atoms with Crippen LogP contribution in [-0.4, -0.2) is 41.5 Å². The fourth-order valence-corrected chi connectivity index (χ4v) is 2.04. The van der Waals surface area contributed by atoms with Crippen molar-refractivity contribution < 1.29 is 30.7 Å². The molecule has 1 nitrogen and oxygen atoms in total. The molecule has 0 rings (SSSR count). The van der Waals surface area contributed by atoms with Crippen molar-refractivity contribution in [2.45, 2.75) is 64.2 Å². The van der Waals surface area contributed by atoms with Gasteiger partial charge in [-0.2, -0.15) is 13.2 Å². The van der Waals surface area contributed by atoms with E-state index in [1.165, 1.54) is 13.8 Å². The van der Waals surface area contributed by atoms with Crippen molar-refractivity contribution >= 4 is 0 Å². The van der Waals surface area contributed by atoms with E-state index >= 15 is 0 Å². The van der Waals surface area contributed by atoms with E-state index in [9.17, 15) is 30.7 Å². The van der Waals surface area contributed by atoms with Crippen molar-refractivity contribution in [2.75, 3.05) is 6.54 Å². The van der Waals surface area contributed by atoms with Gasteiger partial charge in [0.05, 0.1) is 6.54 Å². The Kier molecular flexibility index (Phi) is 5.68. The highest BCUT2D eigenvalue weighted by Gasteiger charge is 2.49. The molecule has 8 heteroatoms. The fourth-order valence-electron chi connectivity index (χ4n) is 2.04. The third-order valence-electron chi connectivity index (χ3n) is 2.74. The van der Waals surface area contributed by atoms with E-state index in [1.807, 2.05) is 0 Å². The first-order valence-corrected chi connectivity index (χ1v) is 5.68. The van der Waals surface area contributed by atoms with Gasteiger partial charge in [0.1, 0.15) is 0 Å². The Labute approximate surface area is 107 Å². The summed E-state index contributed by atoms with van der Waals surface area (Å²) in [6.07, 6.45) is -9.82. The SMILES string of the molecule is CC(C)N(CC(F)(F)F)C(C)(C)CC(F)(F)C(F)F. The molecule has 0 fully saturated rings. The molecule has 0 heterocycles. The van der Waals surface area contributed by atoms with Gasteiger partial charge < -0.3 is 0 Å². The quantitative estimate of drug-likeness (QED) is 0.660. The number of hydrogen-bond donors (Lipinski definition) is 0. The average Bonchev–Trinajstić information content (AvgIpc) is 2.10. The summed E-state index contributed by atoms with van der Waals surface area (Å²) >= 11 is 0. The van der Waals surface area contributed by atoms with Gasteiger partial charge in [0.15, 0.2) is 0 Å². The summed E-state index contributed by atoms with van der Waals surface area (Å²) in [6, 6.07) is -0.704. The number of halogens is 7. The maximum Gasteiger partial charge on any atom is 0.401 e. The second kappa shape index (κ2) is 5.85. The molecule has 0 aromatic heterocycles. The van der Waals surface area contributed by atoms with Crippen LogP contribution < -0.4 is 0 Å². The van der Waals surface area contributed by atoms with Crippen LogP contribution >= 0.6 is 0 Å². The molecule has 0 spiro atoms. The highest BCUT2D eigenvalue weighted by Crippen LogP contribution is 2.36. The van der Waals surface area contributed by atoms with Crippen LogP contribution in [0.15, 0.2) is 0 Å². The Balaban J connectivity index is 5.10. The number of alkyl halides is 7. The predicted molar refractivity (Wildman–Crippen MR) is 57.5 cm³/mol. The number of rotatable bonds is 6. The van der Waals surface area contributed by atoms with Crippen LogP contribution in [0.5, 0.6) is 0 Å². The molecule has 0 bridgehead atoms. The lowest BCUT2D eigenvalue weighted by Gasteiger charge is -2.43. The van der Waals surface area contributed by atoms with E-state index in [0.717, 1.165) is 18.7 Å². The molecular formula is C11H18F7N. The van der Waals surface area contributed by atoms with Crippen LogP contribution in [-0.2, 0) is 0 Å². The molecule has 0 amide bonds. The standard InChI is InChI=1S/C11H18F7N/c1-7(2)19(6-11(16,17)18)9(3,4)5-10(14,15)8(12)13/h7-8H,5-6H2,1-4H3.